The highest BCUT2D eigenvalue weighted by Gasteiger charge is 2.50. The Morgan fingerprint density at radius 2 is 1.58 bits per heavy atom. The van der Waals surface area contributed by atoms with E-state index in [-0.39, 0.29) is 24.4 Å². The van der Waals surface area contributed by atoms with Gasteiger partial charge in [-0.3, -0.25) is 9.59 Å². The van der Waals surface area contributed by atoms with Gasteiger partial charge in [-0.1, -0.05) is 92.8 Å². The second kappa shape index (κ2) is 12.0. The molecule has 2 aromatic rings. The normalized spacial score (nSPS) is 22.9. The number of hydrogen-bond donors (Lipinski definition) is 1. The van der Waals surface area contributed by atoms with Gasteiger partial charge in [-0.05, 0) is 29.9 Å². The topological polar surface area (TPSA) is 76.2 Å². The second-order valence-corrected chi connectivity index (χ2v) is 10.9. The minimum Gasteiger partial charge on any atom is -0.337 e. The van der Waals surface area contributed by atoms with Crippen LogP contribution in [0.15, 0.2) is 60.7 Å². The van der Waals surface area contributed by atoms with Gasteiger partial charge in [-0.2, -0.15) is 0 Å². The molecule has 2 heterocycles. The Balaban J connectivity index is 1.38. The average molecular weight is 518 g/mol. The standard InChI is InChI=1S/C30H39N5O3/c1-32-22-28(36)34-26(19-24-13-7-3-8-14-24)29(37)33(18-17-23-11-5-2-6-12-23)21-27(34)35(32)30(38)31-20-25-15-9-4-10-16-25/h2,4-6,9-12,15-16,24,26-27H,3,7-8,13-14,17-22H2,1H3,(H,31,38)/t26-,27-/m0/s1. The molecular weight excluding hydrogens is 478 g/mol. The van der Waals surface area contributed by atoms with Crippen LogP contribution in [0, 0.1) is 5.92 Å². The molecule has 2 aliphatic heterocycles. The van der Waals surface area contributed by atoms with Crippen LogP contribution in [0.1, 0.15) is 49.7 Å². The molecule has 1 aliphatic carbocycles. The number of hydrogen-bond acceptors (Lipinski definition) is 4. The summed E-state index contributed by atoms with van der Waals surface area (Å²) in [5.41, 5.74) is 2.17. The molecule has 3 aliphatic rings. The maximum atomic E-state index is 13.9. The van der Waals surface area contributed by atoms with E-state index >= 15 is 0 Å². The zero-order valence-corrected chi connectivity index (χ0v) is 22.3. The van der Waals surface area contributed by atoms with Gasteiger partial charge in [0.2, 0.25) is 11.8 Å². The lowest BCUT2D eigenvalue weighted by atomic mass is 9.83. The summed E-state index contributed by atoms with van der Waals surface area (Å²) in [6.45, 7) is 1.34. The zero-order chi connectivity index (χ0) is 26.5. The highest BCUT2D eigenvalue weighted by atomic mass is 16.2. The lowest BCUT2D eigenvalue weighted by Gasteiger charge is -2.55. The Kier molecular flexibility index (Phi) is 8.27. The molecule has 2 saturated heterocycles. The van der Waals surface area contributed by atoms with Crippen molar-refractivity contribution in [2.45, 2.75) is 63.7 Å². The molecule has 1 N–H and O–H groups in total. The Morgan fingerprint density at radius 3 is 2.26 bits per heavy atom. The largest absolute Gasteiger partial charge is 0.337 e. The molecule has 0 radical (unpaired) electrons. The number of fused-ring (bicyclic) bond motifs is 1. The summed E-state index contributed by atoms with van der Waals surface area (Å²) in [4.78, 5) is 44.5. The number of likely N-dealkylation sites (N-methyl/N-ethyl adjacent to an activating group) is 1. The smallest absolute Gasteiger partial charge is 0.334 e. The Labute approximate surface area is 225 Å². The molecule has 4 amide bonds. The van der Waals surface area contributed by atoms with Crippen molar-refractivity contribution in [2.75, 3.05) is 26.7 Å². The van der Waals surface area contributed by atoms with E-state index in [0.29, 0.717) is 32.0 Å². The fourth-order valence-electron chi connectivity index (χ4n) is 6.24. The van der Waals surface area contributed by atoms with Crippen molar-refractivity contribution in [3.05, 3.63) is 71.8 Å². The molecule has 5 rings (SSSR count). The zero-order valence-electron chi connectivity index (χ0n) is 22.3. The molecule has 38 heavy (non-hydrogen) atoms. The van der Waals surface area contributed by atoms with E-state index in [4.69, 9.17) is 0 Å². The molecule has 0 bridgehead atoms. The second-order valence-electron chi connectivity index (χ2n) is 10.9. The first-order valence-electron chi connectivity index (χ1n) is 14.0. The summed E-state index contributed by atoms with van der Waals surface area (Å²) >= 11 is 0. The monoisotopic (exact) mass is 517 g/mol. The van der Waals surface area contributed by atoms with Crippen molar-refractivity contribution in [3.8, 4) is 0 Å². The number of benzene rings is 2. The SMILES string of the molecule is CN1CC(=O)N2[C@@H](CC3CCCCC3)C(=O)N(CCc3ccccc3)C[C@@H]2N1C(=O)NCc1ccccc1. The van der Waals surface area contributed by atoms with Gasteiger partial charge in [0.15, 0.2) is 0 Å². The van der Waals surface area contributed by atoms with Crippen LogP contribution in [0.25, 0.3) is 0 Å². The predicted octanol–water partition coefficient (Wildman–Crippen LogP) is 3.64. The summed E-state index contributed by atoms with van der Waals surface area (Å²) in [7, 11) is 1.78. The number of urea groups is 1. The molecule has 2 aromatic carbocycles. The first-order valence-corrected chi connectivity index (χ1v) is 14.0. The van der Waals surface area contributed by atoms with E-state index in [0.717, 1.165) is 24.8 Å². The number of carbonyl (C=O) groups is 3. The highest BCUT2D eigenvalue weighted by molar-refractivity contribution is 5.91. The van der Waals surface area contributed by atoms with Gasteiger partial charge in [-0.15, -0.1) is 0 Å². The maximum Gasteiger partial charge on any atom is 0.334 e. The van der Waals surface area contributed by atoms with Crippen LogP contribution in [0.5, 0.6) is 0 Å². The van der Waals surface area contributed by atoms with Gasteiger partial charge in [0.05, 0.1) is 13.1 Å². The van der Waals surface area contributed by atoms with E-state index in [2.05, 4.69) is 17.4 Å². The van der Waals surface area contributed by atoms with E-state index in [1.165, 1.54) is 24.8 Å². The fraction of sp³-hybridized carbons (Fsp3) is 0.500. The maximum absolute atomic E-state index is 13.9. The summed E-state index contributed by atoms with van der Waals surface area (Å²) < 4.78 is 0. The van der Waals surface area contributed by atoms with E-state index in [1.807, 2.05) is 53.4 Å². The van der Waals surface area contributed by atoms with Gasteiger partial charge < -0.3 is 15.1 Å². The lowest BCUT2D eigenvalue weighted by Crippen LogP contribution is -2.76. The first kappa shape index (κ1) is 26.2. The molecular formula is C30H39N5O3. The summed E-state index contributed by atoms with van der Waals surface area (Å²) in [6.07, 6.45) is 6.67. The Morgan fingerprint density at radius 1 is 0.921 bits per heavy atom. The molecule has 0 unspecified atom stereocenters. The molecule has 202 valence electrons. The van der Waals surface area contributed by atoms with Crippen molar-refractivity contribution in [1.29, 1.82) is 0 Å². The number of piperazine rings is 1. The number of rotatable bonds is 7. The number of nitrogens with zero attached hydrogens (tertiary/aromatic N) is 4. The fourth-order valence-corrected chi connectivity index (χ4v) is 6.24. The summed E-state index contributed by atoms with van der Waals surface area (Å²) in [5.74, 6) is 0.368. The first-order chi connectivity index (χ1) is 18.5. The molecule has 1 saturated carbocycles. The van der Waals surface area contributed by atoms with Gasteiger partial charge >= 0.3 is 6.03 Å². The van der Waals surface area contributed by atoms with Crippen LogP contribution in [-0.2, 0) is 22.6 Å². The van der Waals surface area contributed by atoms with Crippen LogP contribution < -0.4 is 5.32 Å². The third kappa shape index (κ3) is 5.85. The van der Waals surface area contributed by atoms with Crippen LogP contribution >= 0.6 is 0 Å². The van der Waals surface area contributed by atoms with Crippen molar-refractivity contribution >= 4 is 17.8 Å². The molecule has 0 aromatic heterocycles. The molecule has 8 heteroatoms. The van der Waals surface area contributed by atoms with Crippen LogP contribution in [0.4, 0.5) is 4.79 Å². The van der Waals surface area contributed by atoms with Crippen LogP contribution in [-0.4, -0.2) is 76.6 Å². The third-order valence-electron chi connectivity index (χ3n) is 8.23. The number of carbonyl (C=O) groups excluding carboxylic acids is 3. The van der Waals surface area contributed by atoms with Crippen molar-refractivity contribution in [2.24, 2.45) is 5.92 Å². The van der Waals surface area contributed by atoms with Gasteiger partial charge in [0.25, 0.3) is 0 Å². The molecule has 2 atom stereocenters. The Hall–Kier alpha value is -3.39. The third-order valence-corrected chi connectivity index (χ3v) is 8.23. The summed E-state index contributed by atoms with van der Waals surface area (Å²) in [5, 5.41) is 6.38. The molecule has 0 spiro atoms. The molecule has 3 fully saturated rings. The van der Waals surface area contributed by atoms with Gasteiger partial charge in [0.1, 0.15) is 12.2 Å². The lowest BCUT2D eigenvalue weighted by molar-refractivity contribution is -0.188. The quantitative estimate of drug-likeness (QED) is 0.609. The number of hydrazine groups is 1. The Bertz CT molecular complexity index is 1110. The molecule has 8 nitrogen and oxygen atoms in total. The minimum absolute atomic E-state index is 0.0188. The highest BCUT2D eigenvalue weighted by Crippen LogP contribution is 2.33. The van der Waals surface area contributed by atoms with Gasteiger partial charge in [-0.25, -0.2) is 14.8 Å². The predicted molar refractivity (Wildman–Crippen MR) is 145 cm³/mol. The summed E-state index contributed by atoms with van der Waals surface area (Å²) in [6, 6.07) is 19.1. The van der Waals surface area contributed by atoms with Crippen molar-refractivity contribution < 1.29 is 14.4 Å². The van der Waals surface area contributed by atoms with Gasteiger partial charge in [0, 0.05) is 20.1 Å². The van der Waals surface area contributed by atoms with Crippen LogP contribution in [0.3, 0.4) is 0 Å². The number of amides is 4. The average Bonchev–Trinajstić information content (AvgIpc) is 2.94. The number of nitrogens with one attached hydrogen (secondary N) is 1. The van der Waals surface area contributed by atoms with E-state index < -0.39 is 12.2 Å². The minimum atomic E-state index is -0.529. The van der Waals surface area contributed by atoms with Crippen molar-refractivity contribution in [1.82, 2.24) is 25.1 Å². The van der Waals surface area contributed by atoms with Crippen molar-refractivity contribution in [3.63, 3.8) is 0 Å². The van der Waals surface area contributed by atoms with Crippen LogP contribution in [0.2, 0.25) is 0 Å². The van der Waals surface area contributed by atoms with E-state index in [1.54, 1.807) is 22.0 Å². The van der Waals surface area contributed by atoms with E-state index in [9.17, 15) is 14.4 Å².